The Morgan fingerprint density at radius 2 is 1.86 bits per heavy atom. The van der Waals surface area contributed by atoms with Crippen LogP contribution in [-0.4, -0.2) is 42.4 Å². The molecule has 1 N–H and O–H groups in total. The van der Waals surface area contributed by atoms with Gasteiger partial charge in [0.15, 0.2) is 11.0 Å². The Bertz CT molecular complexity index is 1440. The van der Waals surface area contributed by atoms with Crippen molar-refractivity contribution in [3.05, 3.63) is 83.3 Å². The number of amides is 1. The first-order valence-corrected chi connectivity index (χ1v) is 12.5. The van der Waals surface area contributed by atoms with E-state index in [0.29, 0.717) is 35.6 Å². The fourth-order valence-electron chi connectivity index (χ4n) is 3.84. The maximum atomic E-state index is 13.1. The Kier molecular flexibility index (Phi) is 7.74. The highest BCUT2D eigenvalue weighted by Crippen LogP contribution is 2.31. The number of carbonyl (C=O) groups excluding carboxylic acids is 1. The van der Waals surface area contributed by atoms with Gasteiger partial charge in [0.1, 0.15) is 11.4 Å². The summed E-state index contributed by atoms with van der Waals surface area (Å²) in [6, 6.07) is 16.9. The lowest BCUT2D eigenvalue weighted by Gasteiger charge is -2.11. The summed E-state index contributed by atoms with van der Waals surface area (Å²) in [5, 5.41) is 12.0. The SMILES string of the molecule is C=CCn1c(SCC(=O)Nc2c(C)n(C)n(-c3ccccc3)c2=O)nnc1-c1ccccc1OCC. The van der Waals surface area contributed by atoms with E-state index in [2.05, 4.69) is 22.1 Å². The Hall–Kier alpha value is -4.05. The van der Waals surface area contributed by atoms with Gasteiger partial charge in [-0.2, -0.15) is 0 Å². The lowest BCUT2D eigenvalue weighted by Crippen LogP contribution is -2.23. The minimum Gasteiger partial charge on any atom is -0.493 e. The van der Waals surface area contributed by atoms with Crippen LogP contribution in [0.1, 0.15) is 12.6 Å². The molecular formula is C26H28N6O3S. The molecule has 0 fully saturated rings. The molecule has 2 aromatic carbocycles. The molecule has 0 bridgehead atoms. The summed E-state index contributed by atoms with van der Waals surface area (Å²) in [7, 11) is 1.79. The summed E-state index contributed by atoms with van der Waals surface area (Å²) in [5.41, 5.74) is 2.16. The van der Waals surface area contributed by atoms with E-state index in [1.165, 1.54) is 16.4 Å². The van der Waals surface area contributed by atoms with Crippen molar-refractivity contribution < 1.29 is 9.53 Å². The van der Waals surface area contributed by atoms with Gasteiger partial charge in [-0.15, -0.1) is 16.8 Å². The molecule has 0 atom stereocenters. The van der Waals surface area contributed by atoms with Crippen molar-refractivity contribution >= 4 is 23.4 Å². The summed E-state index contributed by atoms with van der Waals surface area (Å²) in [5.74, 6) is 1.09. The van der Waals surface area contributed by atoms with Crippen LogP contribution in [0.2, 0.25) is 0 Å². The molecule has 0 unspecified atom stereocenters. The van der Waals surface area contributed by atoms with Gasteiger partial charge in [0.05, 0.1) is 29.3 Å². The van der Waals surface area contributed by atoms with E-state index in [1.54, 1.807) is 24.7 Å². The molecule has 36 heavy (non-hydrogen) atoms. The van der Waals surface area contributed by atoms with Gasteiger partial charge >= 0.3 is 0 Å². The minimum absolute atomic E-state index is 0.0570. The zero-order chi connectivity index (χ0) is 25.7. The van der Waals surface area contributed by atoms with E-state index in [4.69, 9.17) is 4.74 Å². The summed E-state index contributed by atoms with van der Waals surface area (Å²) in [4.78, 5) is 25.9. The number of hydrogen-bond donors (Lipinski definition) is 1. The number of anilines is 1. The van der Waals surface area contributed by atoms with Crippen LogP contribution in [0, 0.1) is 6.92 Å². The number of allylic oxidation sites excluding steroid dienone is 1. The molecule has 10 heteroatoms. The number of rotatable bonds is 10. The number of thioether (sulfide) groups is 1. The lowest BCUT2D eigenvalue weighted by molar-refractivity contribution is -0.113. The summed E-state index contributed by atoms with van der Waals surface area (Å²) in [6.45, 7) is 8.56. The fourth-order valence-corrected chi connectivity index (χ4v) is 4.59. The fraction of sp³-hybridized carbons (Fsp3) is 0.231. The summed E-state index contributed by atoms with van der Waals surface area (Å²) >= 11 is 1.24. The number of benzene rings is 2. The second kappa shape index (κ2) is 11.1. The molecule has 0 aliphatic carbocycles. The number of aromatic nitrogens is 5. The highest BCUT2D eigenvalue weighted by atomic mass is 32.2. The largest absolute Gasteiger partial charge is 0.493 e. The zero-order valence-electron chi connectivity index (χ0n) is 20.5. The quantitative estimate of drug-likeness (QED) is 0.259. The number of ether oxygens (including phenoxy) is 1. The van der Waals surface area contributed by atoms with Gasteiger partial charge in [-0.3, -0.25) is 18.8 Å². The van der Waals surface area contributed by atoms with E-state index in [0.717, 1.165) is 11.3 Å². The van der Waals surface area contributed by atoms with E-state index in [1.807, 2.05) is 66.1 Å². The zero-order valence-corrected chi connectivity index (χ0v) is 21.3. The third-order valence-corrected chi connectivity index (χ3v) is 6.57. The molecule has 4 rings (SSSR count). The molecule has 2 aromatic heterocycles. The van der Waals surface area contributed by atoms with E-state index in [-0.39, 0.29) is 22.9 Å². The number of hydrogen-bond acceptors (Lipinski definition) is 6. The van der Waals surface area contributed by atoms with Crippen LogP contribution in [0.15, 0.2) is 77.2 Å². The van der Waals surface area contributed by atoms with Crippen LogP contribution in [0.4, 0.5) is 5.69 Å². The summed E-state index contributed by atoms with van der Waals surface area (Å²) < 4.78 is 10.9. The van der Waals surface area contributed by atoms with Crippen molar-refractivity contribution in [2.24, 2.45) is 7.05 Å². The van der Waals surface area contributed by atoms with Crippen molar-refractivity contribution in [3.8, 4) is 22.8 Å². The van der Waals surface area contributed by atoms with Gasteiger partial charge in [0.2, 0.25) is 5.91 Å². The highest BCUT2D eigenvalue weighted by molar-refractivity contribution is 7.99. The van der Waals surface area contributed by atoms with E-state index in [9.17, 15) is 9.59 Å². The molecule has 2 heterocycles. The van der Waals surface area contributed by atoms with Crippen molar-refractivity contribution in [1.29, 1.82) is 0 Å². The molecule has 4 aromatic rings. The van der Waals surface area contributed by atoms with Gasteiger partial charge in [0, 0.05) is 13.6 Å². The maximum Gasteiger partial charge on any atom is 0.295 e. The van der Waals surface area contributed by atoms with Crippen LogP contribution < -0.4 is 15.6 Å². The van der Waals surface area contributed by atoms with E-state index < -0.39 is 0 Å². The predicted octanol–water partition coefficient (Wildman–Crippen LogP) is 4.06. The molecule has 186 valence electrons. The Balaban J connectivity index is 1.54. The second-order valence-corrected chi connectivity index (χ2v) is 8.85. The smallest absolute Gasteiger partial charge is 0.295 e. The Morgan fingerprint density at radius 3 is 2.58 bits per heavy atom. The molecule has 0 radical (unpaired) electrons. The van der Waals surface area contributed by atoms with Crippen LogP contribution in [0.5, 0.6) is 5.75 Å². The average molecular weight is 505 g/mol. The standard InChI is InChI=1S/C26H28N6O3S/c1-5-16-31-24(20-14-10-11-15-21(20)35-6-2)28-29-26(31)36-17-22(33)27-23-18(3)30(4)32(25(23)34)19-12-8-7-9-13-19/h5,7-15H,1,6,16-17H2,2-4H3,(H,27,33). The highest BCUT2D eigenvalue weighted by Gasteiger charge is 2.20. The number of nitrogens with zero attached hydrogens (tertiary/aromatic N) is 5. The lowest BCUT2D eigenvalue weighted by atomic mass is 10.2. The monoisotopic (exact) mass is 504 g/mol. The third-order valence-electron chi connectivity index (χ3n) is 5.61. The first-order chi connectivity index (χ1) is 17.5. The Labute approximate surface area is 213 Å². The first kappa shape index (κ1) is 25.1. The summed E-state index contributed by atoms with van der Waals surface area (Å²) in [6.07, 6.45) is 1.75. The van der Waals surface area contributed by atoms with Crippen LogP contribution in [0.25, 0.3) is 17.1 Å². The second-order valence-electron chi connectivity index (χ2n) is 7.91. The number of nitrogens with one attached hydrogen (secondary N) is 1. The van der Waals surface area contributed by atoms with Gasteiger partial charge < -0.3 is 10.1 Å². The molecular weight excluding hydrogens is 476 g/mol. The van der Waals surface area contributed by atoms with Crippen LogP contribution >= 0.6 is 11.8 Å². The van der Waals surface area contributed by atoms with Gasteiger partial charge in [0.25, 0.3) is 5.56 Å². The van der Waals surface area contributed by atoms with Crippen molar-refractivity contribution in [2.45, 2.75) is 25.5 Å². The third kappa shape index (κ3) is 4.99. The predicted molar refractivity (Wildman–Crippen MR) is 142 cm³/mol. The van der Waals surface area contributed by atoms with Gasteiger partial charge in [-0.05, 0) is 38.1 Å². The Morgan fingerprint density at radius 1 is 1.14 bits per heavy atom. The normalized spacial score (nSPS) is 10.9. The number of para-hydroxylation sites is 2. The van der Waals surface area contributed by atoms with Crippen LogP contribution in [-0.2, 0) is 18.4 Å². The maximum absolute atomic E-state index is 13.1. The van der Waals surface area contributed by atoms with Crippen molar-refractivity contribution in [2.75, 3.05) is 17.7 Å². The van der Waals surface area contributed by atoms with Crippen molar-refractivity contribution in [1.82, 2.24) is 24.1 Å². The van der Waals surface area contributed by atoms with Crippen LogP contribution in [0.3, 0.4) is 0 Å². The molecule has 0 aliphatic rings. The molecule has 0 aliphatic heterocycles. The minimum atomic E-state index is -0.310. The molecule has 0 spiro atoms. The number of carbonyl (C=O) groups is 1. The van der Waals surface area contributed by atoms with Crippen molar-refractivity contribution in [3.63, 3.8) is 0 Å². The molecule has 0 saturated heterocycles. The first-order valence-electron chi connectivity index (χ1n) is 11.5. The van der Waals surface area contributed by atoms with E-state index >= 15 is 0 Å². The topological polar surface area (TPSA) is 96.0 Å². The van der Waals surface area contributed by atoms with Gasteiger partial charge in [-0.25, -0.2) is 4.68 Å². The molecule has 0 saturated carbocycles. The van der Waals surface area contributed by atoms with Gasteiger partial charge in [-0.1, -0.05) is 48.2 Å². The molecule has 9 nitrogen and oxygen atoms in total. The average Bonchev–Trinajstić information content (AvgIpc) is 3.37. The molecule has 1 amide bonds.